The van der Waals surface area contributed by atoms with E-state index in [0.29, 0.717) is 4.90 Å². The van der Waals surface area contributed by atoms with Crippen LogP contribution < -0.4 is 0 Å². The number of amides is 1. The highest BCUT2D eigenvalue weighted by molar-refractivity contribution is 8.13. The largest absolute Gasteiger partial charge is 0.336 e. The predicted octanol–water partition coefficient (Wildman–Crippen LogP) is 2.40. The van der Waals surface area contributed by atoms with Crippen LogP contribution in [-0.2, 0) is 9.05 Å². The molecule has 20 heavy (non-hydrogen) atoms. The van der Waals surface area contributed by atoms with Gasteiger partial charge in [0.15, 0.2) is 0 Å². The third kappa shape index (κ3) is 3.86. The van der Waals surface area contributed by atoms with Crippen LogP contribution in [0.25, 0.3) is 0 Å². The van der Waals surface area contributed by atoms with E-state index in [0.717, 1.165) is 19.2 Å². The highest BCUT2D eigenvalue weighted by Crippen LogP contribution is 2.24. The van der Waals surface area contributed by atoms with Gasteiger partial charge in [-0.3, -0.25) is 4.79 Å². The van der Waals surface area contributed by atoms with E-state index in [-0.39, 0.29) is 5.56 Å². The minimum atomic E-state index is -4.17. The van der Waals surface area contributed by atoms with Crippen LogP contribution in [0.1, 0.15) is 15.9 Å². The first-order valence-corrected chi connectivity index (χ1v) is 7.63. The Morgan fingerprint density at radius 2 is 1.95 bits per heavy atom. The Morgan fingerprint density at radius 1 is 1.40 bits per heavy atom. The quantitative estimate of drug-likeness (QED) is 0.797. The van der Waals surface area contributed by atoms with Gasteiger partial charge in [0.25, 0.3) is 21.4 Å². The Morgan fingerprint density at radius 3 is 2.40 bits per heavy atom. The van der Waals surface area contributed by atoms with Crippen LogP contribution in [0.2, 0.25) is 0 Å². The third-order valence-electron chi connectivity index (χ3n) is 2.52. The second-order valence-electron chi connectivity index (χ2n) is 4.11. The SMILES string of the molecule is Cc1cc(F)c(C(=O)N(C)CC(F)F)cc1S(=O)(=O)Cl. The Balaban J connectivity index is 3.29. The van der Waals surface area contributed by atoms with Crippen molar-refractivity contribution in [1.29, 1.82) is 0 Å². The van der Waals surface area contributed by atoms with E-state index in [4.69, 9.17) is 10.7 Å². The van der Waals surface area contributed by atoms with Crippen molar-refractivity contribution >= 4 is 25.6 Å². The number of rotatable bonds is 4. The molecule has 0 spiro atoms. The summed E-state index contributed by atoms with van der Waals surface area (Å²) in [6, 6.07) is 1.57. The maximum atomic E-state index is 13.7. The van der Waals surface area contributed by atoms with E-state index >= 15 is 0 Å². The highest BCUT2D eigenvalue weighted by Gasteiger charge is 2.23. The van der Waals surface area contributed by atoms with Crippen LogP contribution in [0.4, 0.5) is 13.2 Å². The number of aryl methyl sites for hydroxylation is 1. The van der Waals surface area contributed by atoms with E-state index < -0.39 is 44.2 Å². The fourth-order valence-electron chi connectivity index (χ4n) is 1.57. The molecular weight excluding hydrogens is 319 g/mol. The number of hydrogen-bond acceptors (Lipinski definition) is 3. The molecule has 0 fully saturated rings. The molecule has 0 aliphatic heterocycles. The number of halogens is 4. The minimum Gasteiger partial charge on any atom is -0.336 e. The highest BCUT2D eigenvalue weighted by atomic mass is 35.7. The molecule has 4 nitrogen and oxygen atoms in total. The second kappa shape index (κ2) is 6.01. The van der Waals surface area contributed by atoms with Gasteiger partial charge in [0.05, 0.1) is 17.0 Å². The van der Waals surface area contributed by atoms with E-state index in [2.05, 4.69) is 0 Å². The smallest absolute Gasteiger partial charge is 0.261 e. The lowest BCUT2D eigenvalue weighted by Crippen LogP contribution is -2.32. The fraction of sp³-hybridized carbons (Fsp3) is 0.364. The Kier molecular flexibility index (Phi) is 5.04. The van der Waals surface area contributed by atoms with Gasteiger partial charge in [-0.25, -0.2) is 21.6 Å². The molecule has 9 heteroatoms. The molecule has 1 aromatic rings. The maximum Gasteiger partial charge on any atom is 0.261 e. The zero-order valence-electron chi connectivity index (χ0n) is 10.5. The molecule has 0 bridgehead atoms. The molecule has 0 aliphatic rings. The molecule has 0 aliphatic carbocycles. The van der Waals surface area contributed by atoms with Crippen molar-refractivity contribution in [2.45, 2.75) is 18.2 Å². The average molecular weight is 330 g/mol. The Bertz CT molecular complexity index is 634. The second-order valence-corrected chi connectivity index (χ2v) is 6.65. The monoisotopic (exact) mass is 329 g/mol. The van der Waals surface area contributed by atoms with E-state index in [9.17, 15) is 26.4 Å². The summed E-state index contributed by atoms with van der Waals surface area (Å²) in [4.78, 5) is 12.0. The zero-order chi connectivity index (χ0) is 15.7. The topological polar surface area (TPSA) is 54.5 Å². The maximum absolute atomic E-state index is 13.7. The van der Waals surface area contributed by atoms with Gasteiger partial charge in [-0.1, -0.05) is 0 Å². The molecular formula is C11H11ClF3NO3S. The summed E-state index contributed by atoms with van der Waals surface area (Å²) < 4.78 is 60.6. The van der Waals surface area contributed by atoms with Gasteiger partial charge >= 0.3 is 0 Å². The van der Waals surface area contributed by atoms with Gasteiger partial charge in [0, 0.05) is 17.7 Å². The first-order chi connectivity index (χ1) is 9.04. The summed E-state index contributed by atoms with van der Waals surface area (Å²) in [7, 11) is 2.05. The summed E-state index contributed by atoms with van der Waals surface area (Å²) in [5.41, 5.74) is -0.608. The standard InChI is InChI=1S/C11H11ClF3NO3S/c1-6-3-8(13)7(4-9(6)20(12,18)19)11(17)16(2)5-10(14)15/h3-4,10H,5H2,1-2H3. The normalized spacial score (nSPS) is 11.8. The molecule has 0 atom stereocenters. The van der Waals surface area contributed by atoms with Crippen LogP contribution in [-0.4, -0.2) is 39.2 Å². The first kappa shape index (κ1) is 16.8. The number of carbonyl (C=O) groups excluding carboxylic acids is 1. The van der Waals surface area contributed by atoms with Crippen LogP contribution in [0.3, 0.4) is 0 Å². The Hall–Kier alpha value is -1.28. The summed E-state index contributed by atoms with van der Waals surface area (Å²) >= 11 is 0. The molecule has 0 N–H and O–H groups in total. The van der Waals surface area contributed by atoms with Gasteiger partial charge in [0.1, 0.15) is 5.82 Å². The van der Waals surface area contributed by atoms with Crippen LogP contribution in [0.5, 0.6) is 0 Å². The molecule has 0 saturated heterocycles. The van der Waals surface area contributed by atoms with Gasteiger partial charge in [-0.15, -0.1) is 0 Å². The lowest BCUT2D eigenvalue weighted by Gasteiger charge is -2.17. The Labute approximate surface area is 118 Å². The van der Waals surface area contributed by atoms with Gasteiger partial charge in [-0.2, -0.15) is 0 Å². The van der Waals surface area contributed by atoms with Gasteiger partial charge in [-0.05, 0) is 24.6 Å². The lowest BCUT2D eigenvalue weighted by atomic mass is 10.1. The van der Waals surface area contributed by atoms with E-state index in [1.165, 1.54) is 6.92 Å². The zero-order valence-corrected chi connectivity index (χ0v) is 12.1. The fourth-order valence-corrected chi connectivity index (χ4v) is 2.78. The van der Waals surface area contributed by atoms with Crippen molar-refractivity contribution < 1.29 is 26.4 Å². The molecule has 1 aromatic carbocycles. The average Bonchev–Trinajstić information content (AvgIpc) is 2.25. The minimum absolute atomic E-state index is 0.0190. The molecule has 1 rings (SSSR count). The number of nitrogens with zero attached hydrogens (tertiary/aromatic N) is 1. The first-order valence-electron chi connectivity index (χ1n) is 5.32. The number of benzene rings is 1. The number of carbonyl (C=O) groups is 1. The molecule has 0 unspecified atom stereocenters. The van der Waals surface area contributed by atoms with Gasteiger partial charge in [0.2, 0.25) is 0 Å². The van der Waals surface area contributed by atoms with Crippen LogP contribution >= 0.6 is 10.7 Å². The molecule has 0 saturated carbocycles. The lowest BCUT2D eigenvalue weighted by molar-refractivity contribution is 0.0616. The van der Waals surface area contributed by atoms with Crippen molar-refractivity contribution in [2.24, 2.45) is 0 Å². The third-order valence-corrected chi connectivity index (χ3v) is 3.98. The summed E-state index contributed by atoms with van der Waals surface area (Å²) in [6.07, 6.45) is -2.78. The molecule has 0 radical (unpaired) electrons. The number of alkyl halides is 2. The van der Waals surface area contributed by atoms with Crippen LogP contribution in [0.15, 0.2) is 17.0 Å². The van der Waals surface area contributed by atoms with E-state index in [1.807, 2.05) is 0 Å². The summed E-state index contributed by atoms with van der Waals surface area (Å²) in [5, 5.41) is 0. The van der Waals surface area contributed by atoms with E-state index in [1.54, 1.807) is 0 Å². The van der Waals surface area contributed by atoms with Gasteiger partial charge < -0.3 is 4.90 Å². The molecule has 112 valence electrons. The van der Waals surface area contributed by atoms with Crippen molar-refractivity contribution in [3.8, 4) is 0 Å². The van der Waals surface area contributed by atoms with Crippen molar-refractivity contribution in [1.82, 2.24) is 4.90 Å². The molecule has 0 heterocycles. The van der Waals surface area contributed by atoms with Crippen molar-refractivity contribution in [3.05, 3.63) is 29.1 Å². The molecule has 0 aromatic heterocycles. The number of hydrogen-bond donors (Lipinski definition) is 0. The summed E-state index contributed by atoms with van der Waals surface area (Å²) in [6.45, 7) is 0.407. The van der Waals surface area contributed by atoms with Crippen molar-refractivity contribution in [2.75, 3.05) is 13.6 Å². The van der Waals surface area contributed by atoms with Crippen molar-refractivity contribution in [3.63, 3.8) is 0 Å². The van der Waals surface area contributed by atoms with Crippen LogP contribution in [0, 0.1) is 12.7 Å². The predicted molar refractivity (Wildman–Crippen MR) is 67.1 cm³/mol. The molecule has 1 amide bonds. The summed E-state index contributed by atoms with van der Waals surface area (Å²) in [5.74, 6) is -2.05.